The lowest BCUT2D eigenvalue weighted by molar-refractivity contribution is 0.531. The molecular formula is C51H98BN2. The van der Waals surface area contributed by atoms with Crippen molar-refractivity contribution in [3.63, 3.8) is 0 Å². The molecular weight excluding hydrogens is 651 g/mol. The second kappa shape index (κ2) is 41.5. The van der Waals surface area contributed by atoms with Crippen LogP contribution in [0, 0.1) is 5.92 Å². The van der Waals surface area contributed by atoms with Crippen molar-refractivity contribution in [1.29, 1.82) is 0 Å². The summed E-state index contributed by atoms with van der Waals surface area (Å²) >= 11 is 0. The van der Waals surface area contributed by atoms with Gasteiger partial charge in [-0.2, -0.15) is 0 Å². The molecule has 2 nitrogen and oxygen atoms in total. The van der Waals surface area contributed by atoms with Crippen molar-refractivity contribution in [3.05, 3.63) is 77.4 Å². The van der Waals surface area contributed by atoms with Crippen LogP contribution in [0.25, 0.3) is 21.8 Å². The number of benzene rings is 3. The highest BCUT2D eigenvalue weighted by Gasteiger charge is 2.35. The van der Waals surface area contributed by atoms with E-state index in [0.717, 1.165) is 24.9 Å². The zero-order valence-electron chi connectivity index (χ0n) is 39.1. The Morgan fingerprint density at radius 2 is 0.889 bits per heavy atom. The van der Waals surface area contributed by atoms with Crippen LogP contribution >= 0.6 is 0 Å². The molecule has 2 aliphatic rings. The number of aromatic nitrogens is 1. The first kappa shape index (κ1) is 66.2. The van der Waals surface area contributed by atoms with Gasteiger partial charge in [0.25, 0.3) is 0 Å². The van der Waals surface area contributed by atoms with E-state index in [0.29, 0.717) is 12.0 Å². The lowest BCUT2D eigenvalue weighted by atomic mass is 9.93. The molecule has 0 amide bonds. The quantitative estimate of drug-likeness (QED) is 0.185. The summed E-state index contributed by atoms with van der Waals surface area (Å²) in [5, 5.41) is 2.71. The number of likely N-dealkylation sites (N-methyl/N-ethyl adjacent to an activating group) is 1. The SMILES string of the molecule is C.C.CC.CC.CC.CC.CC.CC.CCC.CCC.CCN1c2cc3c(cc2[C@H](C)[C@@H]1C)C[C@@H](C)[C@H]3C.CCn1c2ccccc2c2ccccc21.[B]. The molecule has 0 N–H and O–H groups in total. The van der Waals surface area contributed by atoms with Crippen molar-refractivity contribution in [3.8, 4) is 0 Å². The molecule has 1 aromatic heterocycles. The van der Waals surface area contributed by atoms with E-state index in [1.54, 1.807) is 16.7 Å². The minimum Gasteiger partial charge on any atom is -0.368 e. The van der Waals surface area contributed by atoms with E-state index in [1.807, 2.05) is 83.1 Å². The summed E-state index contributed by atoms with van der Waals surface area (Å²) in [5.74, 6) is 2.22. The molecule has 315 valence electrons. The molecule has 0 fully saturated rings. The first-order valence-corrected chi connectivity index (χ1v) is 21.7. The predicted octanol–water partition coefficient (Wildman–Crippen LogP) is 18.0. The lowest BCUT2D eigenvalue weighted by Crippen LogP contribution is -2.30. The fraction of sp³-hybridized carbons (Fsp3) is 0.647. The Kier molecular flexibility index (Phi) is 50.8. The molecule has 4 aromatic rings. The highest BCUT2D eigenvalue weighted by Crippen LogP contribution is 2.47. The van der Waals surface area contributed by atoms with Crippen molar-refractivity contribution in [2.75, 3.05) is 11.4 Å². The average molecular weight is 750 g/mol. The van der Waals surface area contributed by atoms with E-state index in [1.165, 1.54) is 46.8 Å². The van der Waals surface area contributed by atoms with Crippen molar-refractivity contribution in [2.24, 2.45) is 5.92 Å². The number of aryl methyl sites for hydroxylation is 1. The van der Waals surface area contributed by atoms with Crippen molar-refractivity contribution in [1.82, 2.24) is 4.57 Å². The largest absolute Gasteiger partial charge is 0.368 e. The highest BCUT2D eigenvalue weighted by atomic mass is 15.2. The van der Waals surface area contributed by atoms with Gasteiger partial charge in [0.05, 0.1) is 0 Å². The molecule has 6 rings (SSSR count). The normalized spacial score (nSPS) is 15.7. The van der Waals surface area contributed by atoms with Gasteiger partial charge in [-0.15, -0.1) is 0 Å². The van der Waals surface area contributed by atoms with E-state index in [-0.39, 0.29) is 23.3 Å². The Morgan fingerprint density at radius 3 is 1.24 bits per heavy atom. The van der Waals surface area contributed by atoms with Crippen LogP contribution in [-0.2, 0) is 13.0 Å². The summed E-state index contributed by atoms with van der Waals surface area (Å²) in [4.78, 5) is 2.58. The molecule has 3 radical (unpaired) electrons. The van der Waals surface area contributed by atoms with Gasteiger partial charge in [0.1, 0.15) is 0 Å². The number of para-hydroxylation sites is 2. The molecule has 3 aromatic carbocycles. The Labute approximate surface area is 344 Å². The van der Waals surface area contributed by atoms with Crippen LogP contribution in [0.5, 0.6) is 0 Å². The number of anilines is 1. The maximum absolute atomic E-state index is 2.58. The second-order valence-corrected chi connectivity index (χ2v) is 11.6. The lowest BCUT2D eigenvalue weighted by Gasteiger charge is -2.25. The van der Waals surface area contributed by atoms with Crippen LogP contribution in [0.3, 0.4) is 0 Å². The molecule has 3 heteroatoms. The van der Waals surface area contributed by atoms with E-state index in [2.05, 4.69) is 139 Å². The number of fused-ring (bicyclic) bond motifs is 5. The summed E-state index contributed by atoms with van der Waals surface area (Å²) in [6.07, 6.45) is 3.77. The van der Waals surface area contributed by atoms with Crippen LogP contribution in [0.1, 0.15) is 209 Å². The predicted molar refractivity (Wildman–Crippen MR) is 263 cm³/mol. The van der Waals surface area contributed by atoms with E-state index in [4.69, 9.17) is 0 Å². The first-order chi connectivity index (χ1) is 24.8. The minimum atomic E-state index is 0. The van der Waals surface area contributed by atoms with Gasteiger partial charge in [0.2, 0.25) is 0 Å². The zero-order chi connectivity index (χ0) is 40.7. The zero-order valence-corrected chi connectivity index (χ0v) is 39.1. The maximum Gasteiger partial charge on any atom is 0.0491 e. The molecule has 1 aliphatic heterocycles. The van der Waals surface area contributed by atoms with Crippen LogP contribution in [0.15, 0.2) is 60.7 Å². The van der Waals surface area contributed by atoms with Gasteiger partial charge < -0.3 is 9.47 Å². The third-order valence-electron chi connectivity index (χ3n) is 8.53. The molecule has 0 spiro atoms. The number of hydrogen-bond donors (Lipinski definition) is 0. The van der Waals surface area contributed by atoms with Gasteiger partial charge in [0, 0.05) is 61.0 Å². The van der Waals surface area contributed by atoms with Gasteiger partial charge in [-0.3, -0.25) is 0 Å². The van der Waals surface area contributed by atoms with Gasteiger partial charge in [-0.1, -0.05) is 202 Å². The summed E-state index contributed by atoms with van der Waals surface area (Å²) in [5.41, 5.74) is 9.00. The Hall–Kier alpha value is -2.68. The molecule has 0 saturated carbocycles. The van der Waals surface area contributed by atoms with Gasteiger partial charge in [-0.25, -0.2) is 0 Å². The van der Waals surface area contributed by atoms with E-state index >= 15 is 0 Å². The molecule has 0 unspecified atom stereocenters. The number of hydrogen-bond acceptors (Lipinski definition) is 1. The number of rotatable bonds is 2. The van der Waals surface area contributed by atoms with Gasteiger partial charge in [-0.05, 0) is 73.9 Å². The summed E-state index contributed by atoms with van der Waals surface area (Å²) in [6, 6.07) is 22.9. The number of nitrogens with zero attached hydrogens (tertiary/aromatic N) is 2. The van der Waals surface area contributed by atoms with Crippen molar-refractivity contribution >= 4 is 35.9 Å². The standard InChI is InChI=1S/C17H25N.C14H13N.2C3H8.6C2H6.2CH4.B/c1-6-18-13(5)12(4)16-8-14-7-10(2)11(3)15(14)9-17(16)18;1-2-15-13-9-5-3-7-11(13)12-8-4-6-10-14(12)15;2*1-3-2;6*1-2;;;/h8-13H,6-7H2,1-5H3;3-10H,2H2,1H3;2*3H2,1-2H3;6*1-2H3;2*1H4;/t10-,11-,12-,13+;;;;;;;;;;;;/m1............/s1. The van der Waals surface area contributed by atoms with Crippen molar-refractivity contribution < 1.29 is 0 Å². The van der Waals surface area contributed by atoms with Crippen LogP contribution in [0.4, 0.5) is 5.69 Å². The summed E-state index contributed by atoms with van der Waals surface area (Å²) in [6.45, 7) is 48.6. The van der Waals surface area contributed by atoms with E-state index in [9.17, 15) is 0 Å². The fourth-order valence-electron chi connectivity index (χ4n) is 6.26. The third kappa shape index (κ3) is 18.3. The molecule has 4 atom stereocenters. The minimum absolute atomic E-state index is 0. The summed E-state index contributed by atoms with van der Waals surface area (Å²) < 4.78 is 2.37. The fourth-order valence-corrected chi connectivity index (χ4v) is 6.26. The highest BCUT2D eigenvalue weighted by molar-refractivity contribution is 6.07. The average Bonchev–Trinajstić information content (AvgIpc) is 3.77. The second-order valence-electron chi connectivity index (χ2n) is 11.6. The molecule has 0 saturated heterocycles. The maximum atomic E-state index is 2.58. The Balaban J connectivity index is -0.000000111. The molecule has 54 heavy (non-hydrogen) atoms. The first-order valence-electron chi connectivity index (χ1n) is 21.7. The Bertz CT molecular complexity index is 1280. The van der Waals surface area contributed by atoms with Crippen LogP contribution in [-0.4, -0.2) is 25.6 Å². The molecule has 0 bridgehead atoms. The Morgan fingerprint density at radius 1 is 0.519 bits per heavy atom. The smallest absolute Gasteiger partial charge is 0.0491 e. The summed E-state index contributed by atoms with van der Waals surface area (Å²) in [7, 11) is 0. The van der Waals surface area contributed by atoms with Gasteiger partial charge >= 0.3 is 0 Å². The van der Waals surface area contributed by atoms with Crippen LogP contribution < -0.4 is 4.90 Å². The monoisotopic (exact) mass is 750 g/mol. The topological polar surface area (TPSA) is 8.17 Å². The molecule has 1 aliphatic carbocycles. The van der Waals surface area contributed by atoms with Crippen molar-refractivity contribution in [2.45, 2.75) is 211 Å². The van der Waals surface area contributed by atoms with Crippen LogP contribution in [0.2, 0.25) is 0 Å². The van der Waals surface area contributed by atoms with E-state index < -0.39 is 0 Å². The molecule has 2 heterocycles. The third-order valence-corrected chi connectivity index (χ3v) is 8.53. The van der Waals surface area contributed by atoms with Gasteiger partial charge in [0.15, 0.2) is 0 Å².